The third kappa shape index (κ3) is 7.99. The average Bonchev–Trinajstić information content (AvgIpc) is 2.70. The van der Waals surface area contributed by atoms with E-state index in [2.05, 4.69) is 31.0 Å². The quantitative estimate of drug-likeness (QED) is 0.568. The van der Waals surface area contributed by atoms with Crippen molar-refractivity contribution in [3.8, 4) is 0 Å². The molecule has 0 radical (unpaired) electrons. The van der Waals surface area contributed by atoms with E-state index in [-0.39, 0.29) is 17.4 Å². The zero-order valence-electron chi connectivity index (χ0n) is 17.6. The Morgan fingerprint density at radius 3 is 2.24 bits per heavy atom. The molecule has 2 aromatic carbocycles. The number of sulfone groups is 1. The molecule has 2 aromatic rings. The van der Waals surface area contributed by atoms with Crippen LogP contribution in [0.4, 0.5) is 0 Å². The molecule has 0 aromatic heterocycles. The molecular weight excluding hydrogens is 384 g/mol. The minimum Gasteiger partial charge on any atom is -0.352 e. The third-order valence-corrected chi connectivity index (χ3v) is 6.57. The van der Waals surface area contributed by atoms with E-state index in [0.29, 0.717) is 24.6 Å². The van der Waals surface area contributed by atoms with Crippen LogP contribution in [0, 0.1) is 0 Å². The summed E-state index contributed by atoms with van der Waals surface area (Å²) in [7, 11) is -3.18. The fourth-order valence-corrected chi connectivity index (χ4v) is 4.58. The molecule has 6 heteroatoms. The van der Waals surface area contributed by atoms with Crippen molar-refractivity contribution in [3.05, 3.63) is 71.3 Å². The van der Waals surface area contributed by atoms with Gasteiger partial charge in [0, 0.05) is 24.7 Å². The molecule has 0 spiro atoms. The molecule has 0 saturated carbocycles. The fraction of sp³-hybridized carbons (Fsp3) is 0.435. The number of nitrogens with zero attached hydrogens (tertiary/aromatic N) is 1. The SMILES string of the molecule is CCN(Cc1ccc(C(=O)NCCCS(=O)(=O)Cc2ccccc2)cc1)C(C)C. The van der Waals surface area contributed by atoms with Gasteiger partial charge in [0.1, 0.15) is 0 Å². The fourth-order valence-electron chi connectivity index (χ4n) is 3.15. The van der Waals surface area contributed by atoms with Gasteiger partial charge in [-0.1, -0.05) is 49.4 Å². The van der Waals surface area contributed by atoms with Crippen LogP contribution in [-0.4, -0.2) is 44.1 Å². The van der Waals surface area contributed by atoms with Gasteiger partial charge in [0.15, 0.2) is 9.84 Å². The number of benzene rings is 2. The highest BCUT2D eigenvalue weighted by Crippen LogP contribution is 2.10. The van der Waals surface area contributed by atoms with Gasteiger partial charge < -0.3 is 5.32 Å². The van der Waals surface area contributed by atoms with Gasteiger partial charge in [-0.15, -0.1) is 0 Å². The van der Waals surface area contributed by atoms with E-state index in [1.807, 2.05) is 54.6 Å². The Labute approximate surface area is 175 Å². The van der Waals surface area contributed by atoms with Gasteiger partial charge in [-0.3, -0.25) is 9.69 Å². The molecule has 0 atom stereocenters. The molecule has 0 unspecified atom stereocenters. The standard InChI is InChI=1S/C23H32N2O3S/c1-4-25(19(2)3)17-20-11-13-22(14-12-20)23(26)24-15-8-16-29(27,28)18-21-9-6-5-7-10-21/h5-7,9-14,19H,4,8,15-18H2,1-3H3,(H,24,26). The summed E-state index contributed by atoms with van der Waals surface area (Å²) in [5, 5.41) is 2.81. The summed E-state index contributed by atoms with van der Waals surface area (Å²) in [4.78, 5) is 14.6. The summed E-state index contributed by atoms with van der Waals surface area (Å²) in [5.41, 5.74) is 2.55. The monoisotopic (exact) mass is 416 g/mol. The molecule has 0 aliphatic rings. The van der Waals surface area contributed by atoms with Crippen LogP contribution >= 0.6 is 0 Å². The van der Waals surface area contributed by atoms with Crippen molar-refractivity contribution in [2.24, 2.45) is 0 Å². The maximum Gasteiger partial charge on any atom is 0.251 e. The van der Waals surface area contributed by atoms with E-state index in [0.717, 1.165) is 18.7 Å². The number of nitrogens with one attached hydrogen (secondary N) is 1. The van der Waals surface area contributed by atoms with Crippen molar-refractivity contribution in [1.29, 1.82) is 0 Å². The number of hydrogen-bond acceptors (Lipinski definition) is 4. The lowest BCUT2D eigenvalue weighted by Crippen LogP contribution is -2.30. The maximum atomic E-state index is 12.3. The molecule has 0 aliphatic heterocycles. The Morgan fingerprint density at radius 2 is 1.66 bits per heavy atom. The van der Waals surface area contributed by atoms with E-state index < -0.39 is 9.84 Å². The zero-order valence-corrected chi connectivity index (χ0v) is 18.4. The van der Waals surface area contributed by atoms with Crippen LogP contribution in [0.2, 0.25) is 0 Å². The third-order valence-electron chi connectivity index (χ3n) is 4.89. The average molecular weight is 417 g/mol. The summed E-state index contributed by atoms with van der Waals surface area (Å²) >= 11 is 0. The van der Waals surface area contributed by atoms with Gasteiger partial charge in [-0.05, 0) is 50.1 Å². The van der Waals surface area contributed by atoms with Gasteiger partial charge in [0.2, 0.25) is 0 Å². The van der Waals surface area contributed by atoms with Crippen LogP contribution < -0.4 is 5.32 Å². The van der Waals surface area contributed by atoms with Crippen molar-refractivity contribution >= 4 is 15.7 Å². The Morgan fingerprint density at radius 1 is 1.00 bits per heavy atom. The number of amides is 1. The van der Waals surface area contributed by atoms with Gasteiger partial charge in [-0.25, -0.2) is 8.42 Å². The number of hydrogen-bond donors (Lipinski definition) is 1. The molecule has 1 amide bonds. The molecule has 0 saturated heterocycles. The Hall–Kier alpha value is -2.18. The van der Waals surface area contributed by atoms with Crippen LogP contribution in [-0.2, 0) is 22.1 Å². The van der Waals surface area contributed by atoms with Gasteiger partial charge in [0.05, 0.1) is 11.5 Å². The number of rotatable bonds is 11. The van der Waals surface area contributed by atoms with Crippen LogP contribution in [0.5, 0.6) is 0 Å². The molecule has 2 rings (SSSR count). The Balaban J connectivity index is 1.77. The summed E-state index contributed by atoms with van der Waals surface area (Å²) in [6, 6.07) is 17.2. The second-order valence-corrected chi connectivity index (χ2v) is 9.72. The second-order valence-electron chi connectivity index (χ2n) is 7.54. The smallest absolute Gasteiger partial charge is 0.251 e. The molecule has 5 nitrogen and oxygen atoms in total. The number of carbonyl (C=O) groups is 1. The normalized spacial score (nSPS) is 11.8. The van der Waals surface area contributed by atoms with Gasteiger partial charge in [-0.2, -0.15) is 0 Å². The summed E-state index contributed by atoms with van der Waals surface area (Å²) in [6.45, 7) is 8.66. The zero-order chi connectivity index (χ0) is 21.3. The second kappa shape index (κ2) is 11.1. The molecule has 0 fully saturated rings. The molecular formula is C23H32N2O3S. The molecule has 158 valence electrons. The lowest BCUT2D eigenvalue weighted by atomic mass is 10.1. The van der Waals surface area contributed by atoms with Crippen molar-refractivity contribution in [3.63, 3.8) is 0 Å². The summed E-state index contributed by atoms with van der Waals surface area (Å²) in [6.07, 6.45) is 0.402. The topological polar surface area (TPSA) is 66.5 Å². The highest BCUT2D eigenvalue weighted by molar-refractivity contribution is 7.90. The van der Waals surface area contributed by atoms with Crippen molar-refractivity contribution < 1.29 is 13.2 Å². The van der Waals surface area contributed by atoms with Gasteiger partial charge in [0.25, 0.3) is 5.91 Å². The van der Waals surface area contributed by atoms with Crippen LogP contribution in [0.15, 0.2) is 54.6 Å². The first kappa shape index (κ1) is 23.1. The van der Waals surface area contributed by atoms with Crippen molar-refractivity contribution in [2.75, 3.05) is 18.8 Å². The van der Waals surface area contributed by atoms with Crippen molar-refractivity contribution in [2.45, 2.75) is 45.5 Å². The summed E-state index contributed by atoms with van der Waals surface area (Å²) < 4.78 is 24.4. The van der Waals surface area contributed by atoms with Crippen molar-refractivity contribution in [1.82, 2.24) is 10.2 Å². The predicted molar refractivity (Wildman–Crippen MR) is 119 cm³/mol. The summed E-state index contributed by atoms with van der Waals surface area (Å²) in [5.74, 6) is -0.0781. The minimum absolute atomic E-state index is 0.0361. The first-order valence-corrected chi connectivity index (χ1v) is 12.0. The molecule has 0 heterocycles. The van der Waals surface area contributed by atoms with E-state index in [1.165, 1.54) is 5.56 Å². The molecule has 0 aliphatic carbocycles. The van der Waals surface area contributed by atoms with E-state index in [1.54, 1.807) is 0 Å². The minimum atomic E-state index is -3.18. The first-order chi connectivity index (χ1) is 13.8. The van der Waals surface area contributed by atoms with E-state index in [9.17, 15) is 13.2 Å². The molecule has 0 bridgehead atoms. The number of carbonyl (C=O) groups excluding carboxylic acids is 1. The highest BCUT2D eigenvalue weighted by atomic mass is 32.2. The van der Waals surface area contributed by atoms with Gasteiger partial charge >= 0.3 is 0 Å². The van der Waals surface area contributed by atoms with Crippen LogP contribution in [0.1, 0.15) is 48.7 Å². The maximum absolute atomic E-state index is 12.3. The lowest BCUT2D eigenvalue weighted by molar-refractivity contribution is 0.0953. The van der Waals surface area contributed by atoms with E-state index >= 15 is 0 Å². The lowest BCUT2D eigenvalue weighted by Gasteiger charge is -2.24. The van der Waals surface area contributed by atoms with Crippen LogP contribution in [0.3, 0.4) is 0 Å². The Bertz CT molecular complexity index is 863. The highest BCUT2D eigenvalue weighted by Gasteiger charge is 2.13. The Kier molecular flexibility index (Phi) is 8.86. The van der Waals surface area contributed by atoms with Crippen LogP contribution in [0.25, 0.3) is 0 Å². The first-order valence-electron chi connectivity index (χ1n) is 10.2. The predicted octanol–water partition coefficient (Wildman–Crippen LogP) is 3.65. The molecule has 29 heavy (non-hydrogen) atoms. The van der Waals surface area contributed by atoms with E-state index in [4.69, 9.17) is 0 Å². The molecule has 1 N–H and O–H groups in total. The largest absolute Gasteiger partial charge is 0.352 e.